The Kier molecular flexibility index (Phi) is 4.06. The van der Waals surface area contributed by atoms with Gasteiger partial charge in [0.15, 0.2) is 0 Å². The molecule has 1 saturated heterocycles. The van der Waals surface area contributed by atoms with E-state index >= 15 is 0 Å². The molecule has 3 heterocycles. The van der Waals surface area contributed by atoms with Crippen molar-refractivity contribution in [2.24, 2.45) is 0 Å². The predicted octanol–water partition coefficient (Wildman–Crippen LogP) is 1.18. The monoisotopic (exact) mass is 287 g/mol. The third-order valence-corrected chi connectivity index (χ3v) is 3.79. The van der Waals surface area contributed by atoms with Crippen molar-refractivity contribution >= 4 is 11.5 Å². The fourth-order valence-electron chi connectivity index (χ4n) is 2.67. The van der Waals surface area contributed by atoms with Crippen LogP contribution >= 0.6 is 0 Å². The first-order valence-electron chi connectivity index (χ1n) is 7.44. The van der Waals surface area contributed by atoms with Crippen molar-refractivity contribution in [3.63, 3.8) is 0 Å². The van der Waals surface area contributed by atoms with Gasteiger partial charge in [0.25, 0.3) is 0 Å². The first-order chi connectivity index (χ1) is 10.3. The molecule has 1 fully saturated rings. The summed E-state index contributed by atoms with van der Waals surface area (Å²) in [5.74, 6) is 0. The lowest BCUT2D eigenvalue weighted by Gasteiger charge is -2.34. The highest BCUT2D eigenvalue weighted by molar-refractivity contribution is 5.74. The summed E-state index contributed by atoms with van der Waals surface area (Å²) in [6.45, 7) is 6.80. The number of amides is 2. The van der Waals surface area contributed by atoms with Crippen molar-refractivity contribution in [2.75, 3.05) is 32.7 Å². The number of piperazine rings is 1. The van der Waals surface area contributed by atoms with Gasteiger partial charge in [-0.25, -0.2) is 9.31 Å². The van der Waals surface area contributed by atoms with E-state index in [9.17, 15) is 4.79 Å². The van der Waals surface area contributed by atoms with Gasteiger partial charge in [-0.2, -0.15) is 5.10 Å². The van der Waals surface area contributed by atoms with E-state index in [0.717, 1.165) is 43.9 Å². The van der Waals surface area contributed by atoms with E-state index in [4.69, 9.17) is 0 Å². The molecule has 112 valence electrons. The van der Waals surface area contributed by atoms with Gasteiger partial charge in [-0.1, -0.05) is 6.07 Å². The fourth-order valence-corrected chi connectivity index (χ4v) is 2.67. The van der Waals surface area contributed by atoms with E-state index in [1.165, 1.54) is 0 Å². The van der Waals surface area contributed by atoms with Crippen LogP contribution in [0.1, 0.15) is 12.6 Å². The van der Waals surface area contributed by atoms with E-state index < -0.39 is 0 Å². The molecule has 2 aromatic rings. The first kappa shape index (κ1) is 13.9. The average molecular weight is 287 g/mol. The van der Waals surface area contributed by atoms with Gasteiger partial charge in [0.2, 0.25) is 0 Å². The lowest BCUT2D eigenvalue weighted by molar-refractivity contribution is 0.134. The smallest absolute Gasteiger partial charge is 0.317 e. The molecule has 0 atom stereocenters. The maximum atomic E-state index is 11.8. The van der Waals surface area contributed by atoms with Crippen LogP contribution in [0.4, 0.5) is 4.79 Å². The average Bonchev–Trinajstić information content (AvgIpc) is 2.90. The van der Waals surface area contributed by atoms with Crippen LogP contribution in [0.5, 0.6) is 0 Å². The molecule has 0 saturated carbocycles. The number of hydrogen-bond acceptors (Lipinski definition) is 3. The van der Waals surface area contributed by atoms with Crippen LogP contribution < -0.4 is 5.32 Å². The van der Waals surface area contributed by atoms with Gasteiger partial charge in [0.05, 0.1) is 11.2 Å². The molecule has 2 amide bonds. The molecule has 6 nitrogen and oxygen atoms in total. The highest BCUT2D eigenvalue weighted by Crippen LogP contribution is 2.10. The summed E-state index contributed by atoms with van der Waals surface area (Å²) in [6, 6.07) is 8.23. The van der Waals surface area contributed by atoms with E-state index in [1.807, 2.05) is 34.7 Å². The highest BCUT2D eigenvalue weighted by Gasteiger charge is 2.21. The molecule has 0 unspecified atom stereocenters. The molecule has 1 N–H and O–H groups in total. The summed E-state index contributed by atoms with van der Waals surface area (Å²) < 4.78 is 1.90. The summed E-state index contributed by atoms with van der Waals surface area (Å²) in [4.78, 5) is 16.0. The molecule has 1 aliphatic heterocycles. The largest absolute Gasteiger partial charge is 0.338 e. The van der Waals surface area contributed by atoms with Crippen LogP contribution in [-0.4, -0.2) is 58.2 Å². The van der Waals surface area contributed by atoms with Gasteiger partial charge < -0.3 is 10.2 Å². The molecule has 2 aromatic heterocycles. The minimum atomic E-state index is 0.0462. The second-order valence-electron chi connectivity index (χ2n) is 5.30. The zero-order valence-corrected chi connectivity index (χ0v) is 12.3. The van der Waals surface area contributed by atoms with E-state index in [0.29, 0.717) is 6.54 Å². The number of hydrogen-bond donors (Lipinski definition) is 1. The van der Waals surface area contributed by atoms with Gasteiger partial charge in [-0.15, -0.1) is 0 Å². The zero-order chi connectivity index (χ0) is 14.7. The summed E-state index contributed by atoms with van der Waals surface area (Å²) >= 11 is 0. The normalized spacial score (nSPS) is 16.3. The van der Waals surface area contributed by atoms with E-state index in [-0.39, 0.29) is 6.03 Å². The molecule has 0 bridgehead atoms. The van der Waals surface area contributed by atoms with Crippen molar-refractivity contribution in [3.8, 4) is 0 Å². The number of aromatic nitrogens is 2. The SMILES string of the molecule is CCNC(=O)N1CCN(Cc2cc3ccccn3n2)CC1. The van der Waals surface area contributed by atoms with Crippen molar-refractivity contribution in [3.05, 3.63) is 36.2 Å². The maximum absolute atomic E-state index is 11.8. The van der Waals surface area contributed by atoms with E-state index in [1.54, 1.807) is 0 Å². The number of nitrogens with zero attached hydrogens (tertiary/aromatic N) is 4. The predicted molar refractivity (Wildman–Crippen MR) is 81.1 cm³/mol. The number of nitrogens with one attached hydrogen (secondary N) is 1. The number of carbonyl (C=O) groups is 1. The summed E-state index contributed by atoms with van der Waals surface area (Å²) in [6.07, 6.45) is 1.96. The summed E-state index contributed by atoms with van der Waals surface area (Å²) in [5.41, 5.74) is 2.20. The van der Waals surface area contributed by atoms with Crippen LogP contribution in [0.3, 0.4) is 0 Å². The highest BCUT2D eigenvalue weighted by atomic mass is 16.2. The molecular formula is C15H21N5O. The fraction of sp³-hybridized carbons (Fsp3) is 0.467. The van der Waals surface area contributed by atoms with Gasteiger partial charge >= 0.3 is 6.03 Å². The Labute approximate surface area is 124 Å². The van der Waals surface area contributed by atoms with Crippen molar-refractivity contribution in [1.82, 2.24) is 24.7 Å². The molecule has 0 aliphatic carbocycles. The Morgan fingerprint density at radius 1 is 1.29 bits per heavy atom. The summed E-state index contributed by atoms with van der Waals surface area (Å²) in [7, 11) is 0. The van der Waals surface area contributed by atoms with Crippen LogP contribution in [0.15, 0.2) is 30.5 Å². The Bertz CT molecular complexity index is 582. The quantitative estimate of drug-likeness (QED) is 0.922. The third-order valence-electron chi connectivity index (χ3n) is 3.79. The van der Waals surface area contributed by atoms with Gasteiger partial charge in [-0.05, 0) is 25.1 Å². The Hall–Kier alpha value is -2.08. The van der Waals surface area contributed by atoms with Gasteiger partial charge in [-0.3, -0.25) is 4.90 Å². The Morgan fingerprint density at radius 2 is 2.10 bits per heavy atom. The van der Waals surface area contributed by atoms with Gasteiger partial charge in [0.1, 0.15) is 0 Å². The van der Waals surface area contributed by atoms with Crippen molar-refractivity contribution in [1.29, 1.82) is 0 Å². The number of pyridine rings is 1. The number of carbonyl (C=O) groups excluding carboxylic acids is 1. The lowest BCUT2D eigenvalue weighted by atomic mass is 10.3. The molecule has 3 rings (SSSR count). The van der Waals surface area contributed by atoms with Crippen LogP contribution in [-0.2, 0) is 6.54 Å². The number of urea groups is 1. The van der Waals surface area contributed by atoms with Crippen LogP contribution in [0.25, 0.3) is 5.52 Å². The van der Waals surface area contributed by atoms with Crippen molar-refractivity contribution in [2.45, 2.75) is 13.5 Å². The maximum Gasteiger partial charge on any atom is 0.317 e. The molecule has 21 heavy (non-hydrogen) atoms. The molecule has 6 heteroatoms. The standard InChI is InChI=1S/C15H21N5O/c1-2-16-15(21)19-9-7-18(8-10-19)12-13-11-14-5-3-4-6-20(14)17-13/h3-6,11H,2,7-10,12H2,1H3,(H,16,21). The molecule has 1 aliphatic rings. The van der Waals surface area contributed by atoms with Crippen LogP contribution in [0, 0.1) is 0 Å². The minimum absolute atomic E-state index is 0.0462. The molecule has 0 radical (unpaired) electrons. The molecule has 0 aromatic carbocycles. The molecular weight excluding hydrogens is 266 g/mol. The number of fused-ring (bicyclic) bond motifs is 1. The second-order valence-corrected chi connectivity index (χ2v) is 5.30. The Balaban J connectivity index is 1.56. The Morgan fingerprint density at radius 3 is 2.81 bits per heavy atom. The second kappa shape index (κ2) is 6.13. The molecule has 0 spiro atoms. The third kappa shape index (κ3) is 3.16. The van der Waals surface area contributed by atoms with E-state index in [2.05, 4.69) is 27.4 Å². The topological polar surface area (TPSA) is 52.9 Å². The summed E-state index contributed by atoms with van der Waals surface area (Å²) in [5, 5.41) is 7.42. The van der Waals surface area contributed by atoms with Gasteiger partial charge in [0, 0.05) is 45.5 Å². The zero-order valence-electron chi connectivity index (χ0n) is 12.3. The van der Waals surface area contributed by atoms with Crippen molar-refractivity contribution < 1.29 is 4.79 Å². The minimum Gasteiger partial charge on any atom is -0.338 e. The van der Waals surface area contributed by atoms with Crippen LogP contribution in [0.2, 0.25) is 0 Å². The number of rotatable bonds is 3. The first-order valence-corrected chi connectivity index (χ1v) is 7.44. The lowest BCUT2D eigenvalue weighted by Crippen LogP contribution is -2.51.